The summed E-state index contributed by atoms with van der Waals surface area (Å²) in [5.41, 5.74) is -0.364. The first-order chi connectivity index (χ1) is 9.45. The summed E-state index contributed by atoms with van der Waals surface area (Å²) >= 11 is 1.19. The molecule has 0 saturated carbocycles. The average Bonchev–Trinajstić information content (AvgIpc) is 2.76. The van der Waals surface area contributed by atoms with Crippen LogP contribution >= 0.6 is 11.3 Å². The van der Waals surface area contributed by atoms with Crippen molar-refractivity contribution in [1.29, 1.82) is 0 Å². The second-order valence-corrected chi connectivity index (χ2v) is 4.89. The molecule has 1 aromatic carbocycles. The molecular weight excluding hydrogens is 287 g/mol. The van der Waals surface area contributed by atoms with Crippen molar-refractivity contribution >= 4 is 34.2 Å². The van der Waals surface area contributed by atoms with Gasteiger partial charge in [0.15, 0.2) is 0 Å². The second-order valence-electron chi connectivity index (χ2n) is 3.71. The average molecular weight is 296 g/mol. The van der Waals surface area contributed by atoms with Crippen LogP contribution < -0.4 is 10.6 Å². The number of anilines is 2. The lowest BCUT2D eigenvalue weighted by Gasteiger charge is -2.06. The van der Waals surface area contributed by atoms with Gasteiger partial charge in [-0.15, -0.1) is 10.2 Å². The third kappa shape index (κ3) is 3.26. The summed E-state index contributed by atoms with van der Waals surface area (Å²) in [6.45, 7) is 1.74. The largest absolute Gasteiger partial charge is 0.478 e. The number of hydrogen-bond donors (Lipinski definition) is 3. The van der Waals surface area contributed by atoms with E-state index in [0.717, 1.165) is 12.1 Å². The number of aryl methyl sites for hydroxylation is 1. The number of rotatable bonds is 3. The van der Waals surface area contributed by atoms with Gasteiger partial charge >= 0.3 is 12.0 Å². The molecule has 1 heterocycles. The number of urea groups is 1. The van der Waals surface area contributed by atoms with Crippen LogP contribution in [0.25, 0.3) is 0 Å². The number of aromatic carboxylic acids is 1. The van der Waals surface area contributed by atoms with Crippen molar-refractivity contribution in [2.75, 3.05) is 10.6 Å². The molecule has 0 aliphatic carbocycles. The summed E-state index contributed by atoms with van der Waals surface area (Å²) in [6.07, 6.45) is 0. The fourth-order valence-corrected chi connectivity index (χ4v) is 1.96. The van der Waals surface area contributed by atoms with Gasteiger partial charge in [0.25, 0.3) is 0 Å². The number of halogens is 1. The van der Waals surface area contributed by atoms with Gasteiger partial charge in [-0.2, -0.15) is 0 Å². The number of carboxylic acid groups (broad SMARTS) is 1. The molecule has 104 valence electrons. The van der Waals surface area contributed by atoms with E-state index in [0.29, 0.717) is 10.1 Å². The molecule has 9 heteroatoms. The van der Waals surface area contributed by atoms with Crippen molar-refractivity contribution in [2.24, 2.45) is 0 Å². The van der Waals surface area contributed by atoms with Crippen LogP contribution in [0.2, 0.25) is 0 Å². The molecule has 3 N–H and O–H groups in total. The van der Waals surface area contributed by atoms with E-state index in [1.807, 2.05) is 0 Å². The van der Waals surface area contributed by atoms with E-state index < -0.39 is 23.4 Å². The maximum atomic E-state index is 13.2. The van der Waals surface area contributed by atoms with E-state index in [1.165, 1.54) is 17.4 Å². The standard InChI is InChI=1S/C11H9FN4O3S/c1-5-15-16-11(20-5)14-10(19)13-6-2-3-8(12)7(4-6)9(17)18/h2-4H,1H3,(H,17,18)(H2,13,14,16,19). The van der Waals surface area contributed by atoms with Gasteiger partial charge in [-0.3, -0.25) is 5.32 Å². The highest BCUT2D eigenvalue weighted by Crippen LogP contribution is 2.17. The fourth-order valence-electron chi connectivity index (χ4n) is 1.37. The lowest BCUT2D eigenvalue weighted by atomic mass is 10.2. The minimum Gasteiger partial charge on any atom is -0.478 e. The summed E-state index contributed by atoms with van der Waals surface area (Å²) in [5.74, 6) is -2.28. The van der Waals surface area contributed by atoms with Crippen LogP contribution in [-0.4, -0.2) is 27.3 Å². The van der Waals surface area contributed by atoms with Crippen molar-refractivity contribution in [3.63, 3.8) is 0 Å². The van der Waals surface area contributed by atoms with Crippen molar-refractivity contribution in [3.05, 3.63) is 34.6 Å². The first-order valence-corrected chi connectivity index (χ1v) is 6.18. The lowest BCUT2D eigenvalue weighted by molar-refractivity contribution is 0.0692. The molecule has 0 atom stereocenters. The maximum absolute atomic E-state index is 13.2. The SMILES string of the molecule is Cc1nnc(NC(=O)Nc2ccc(F)c(C(=O)O)c2)s1. The molecule has 0 aliphatic rings. The summed E-state index contributed by atoms with van der Waals surface area (Å²) in [7, 11) is 0. The Hall–Kier alpha value is -2.55. The third-order valence-electron chi connectivity index (χ3n) is 2.20. The maximum Gasteiger partial charge on any atom is 0.338 e. The number of aromatic nitrogens is 2. The zero-order valence-electron chi connectivity index (χ0n) is 10.2. The van der Waals surface area contributed by atoms with Crippen LogP contribution in [0.1, 0.15) is 15.4 Å². The molecule has 2 rings (SSSR count). The van der Waals surface area contributed by atoms with Crippen LogP contribution in [-0.2, 0) is 0 Å². The van der Waals surface area contributed by atoms with Crippen LogP contribution in [0.4, 0.5) is 20.0 Å². The number of benzene rings is 1. The minimum atomic E-state index is -1.41. The Bertz CT molecular complexity index is 673. The Morgan fingerprint density at radius 2 is 2.05 bits per heavy atom. The molecule has 0 radical (unpaired) electrons. The first kappa shape index (κ1) is 13.9. The quantitative estimate of drug-likeness (QED) is 0.806. The van der Waals surface area contributed by atoms with Gasteiger partial charge in [-0.05, 0) is 25.1 Å². The summed E-state index contributed by atoms with van der Waals surface area (Å²) in [4.78, 5) is 22.4. The predicted octanol–water partition coefficient (Wildman–Crippen LogP) is 2.33. The smallest absolute Gasteiger partial charge is 0.338 e. The molecule has 20 heavy (non-hydrogen) atoms. The molecule has 1 aromatic heterocycles. The number of carboxylic acids is 1. The van der Waals surface area contributed by atoms with Crippen molar-refractivity contribution in [2.45, 2.75) is 6.92 Å². The van der Waals surface area contributed by atoms with Crippen molar-refractivity contribution < 1.29 is 19.1 Å². The molecule has 2 aromatic rings. The molecule has 0 spiro atoms. The third-order valence-corrected chi connectivity index (χ3v) is 2.96. The van der Waals surface area contributed by atoms with Gasteiger partial charge < -0.3 is 10.4 Å². The Morgan fingerprint density at radius 3 is 2.65 bits per heavy atom. The molecule has 0 aliphatic heterocycles. The van der Waals surface area contributed by atoms with Gasteiger partial charge in [-0.1, -0.05) is 11.3 Å². The van der Waals surface area contributed by atoms with Crippen LogP contribution in [0.15, 0.2) is 18.2 Å². The molecule has 0 saturated heterocycles. The van der Waals surface area contributed by atoms with E-state index in [4.69, 9.17) is 5.11 Å². The Labute approximate surface area is 116 Å². The van der Waals surface area contributed by atoms with Crippen LogP contribution in [0.3, 0.4) is 0 Å². The van der Waals surface area contributed by atoms with E-state index in [-0.39, 0.29) is 5.69 Å². The number of carbonyl (C=O) groups excluding carboxylic acids is 1. The van der Waals surface area contributed by atoms with Crippen LogP contribution in [0.5, 0.6) is 0 Å². The zero-order chi connectivity index (χ0) is 14.7. The molecule has 0 bridgehead atoms. The summed E-state index contributed by atoms with van der Waals surface area (Å²) in [6, 6.07) is 2.63. The number of nitrogens with one attached hydrogen (secondary N) is 2. The normalized spacial score (nSPS) is 10.1. The zero-order valence-corrected chi connectivity index (χ0v) is 11.0. The number of carbonyl (C=O) groups is 2. The second kappa shape index (κ2) is 5.61. The van der Waals surface area contributed by atoms with E-state index in [9.17, 15) is 14.0 Å². The molecule has 2 amide bonds. The van der Waals surface area contributed by atoms with Gasteiger partial charge in [0.05, 0.1) is 5.56 Å². The summed E-state index contributed by atoms with van der Waals surface area (Å²) < 4.78 is 13.2. The van der Waals surface area contributed by atoms with Crippen molar-refractivity contribution in [3.8, 4) is 0 Å². The first-order valence-electron chi connectivity index (χ1n) is 5.36. The van der Waals surface area contributed by atoms with E-state index in [1.54, 1.807) is 6.92 Å². The monoisotopic (exact) mass is 296 g/mol. The Balaban J connectivity index is 2.08. The van der Waals surface area contributed by atoms with Gasteiger partial charge in [0.1, 0.15) is 10.8 Å². The van der Waals surface area contributed by atoms with Gasteiger partial charge in [0, 0.05) is 5.69 Å². The topological polar surface area (TPSA) is 104 Å². The predicted molar refractivity (Wildman–Crippen MR) is 70.6 cm³/mol. The van der Waals surface area contributed by atoms with Crippen molar-refractivity contribution in [1.82, 2.24) is 10.2 Å². The van der Waals surface area contributed by atoms with Crippen LogP contribution in [0, 0.1) is 12.7 Å². The van der Waals surface area contributed by atoms with Gasteiger partial charge in [0.2, 0.25) is 5.13 Å². The highest BCUT2D eigenvalue weighted by molar-refractivity contribution is 7.15. The Morgan fingerprint density at radius 1 is 1.30 bits per heavy atom. The molecule has 7 nitrogen and oxygen atoms in total. The highest BCUT2D eigenvalue weighted by Gasteiger charge is 2.12. The number of nitrogens with zero attached hydrogens (tertiary/aromatic N) is 2. The minimum absolute atomic E-state index is 0.155. The lowest BCUT2D eigenvalue weighted by Crippen LogP contribution is -2.19. The number of hydrogen-bond acceptors (Lipinski definition) is 5. The highest BCUT2D eigenvalue weighted by atomic mass is 32.1. The molecule has 0 unspecified atom stereocenters. The van der Waals surface area contributed by atoms with E-state index >= 15 is 0 Å². The fraction of sp³-hybridized carbons (Fsp3) is 0.0909. The van der Waals surface area contributed by atoms with Gasteiger partial charge in [-0.25, -0.2) is 14.0 Å². The Kier molecular flexibility index (Phi) is 3.89. The summed E-state index contributed by atoms with van der Waals surface area (Å²) in [5, 5.41) is 22.0. The molecule has 0 fully saturated rings. The van der Waals surface area contributed by atoms with E-state index in [2.05, 4.69) is 20.8 Å². The molecular formula is C11H9FN4O3S. The number of amides is 2.